The molecular weight excluding hydrogens is 196 g/mol. The lowest BCUT2D eigenvalue weighted by Gasteiger charge is -2.35. The van der Waals surface area contributed by atoms with Gasteiger partial charge in [-0.1, -0.05) is 39.5 Å². The Morgan fingerprint density at radius 3 is 2.38 bits per heavy atom. The van der Waals surface area contributed by atoms with Gasteiger partial charge in [0.1, 0.15) is 0 Å². The van der Waals surface area contributed by atoms with Crippen LogP contribution in [0.25, 0.3) is 0 Å². The summed E-state index contributed by atoms with van der Waals surface area (Å²) in [5, 5.41) is 0. The van der Waals surface area contributed by atoms with Crippen molar-refractivity contribution in [3.63, 3.8) is 0 Å². The molecule has 0 aromatic carbocycles. The minimum Gasteiger partial charge on any atom is -0.330 e. The van der Waals surface area contributed by atoms with Gasteiger partial charge in [0, 0.05) is 12.6 Å². The van der Waals surface area contributed by atoms with E-state index in [2.05, 4.69) is 18.7 Å². The Kier molecular flexibility index (Phi) is 7.06. The van der Waals surface area contributed by atoms with Crippen LogP contribution in [0.1, 0.15) is 58.8 Å². The van der Waals surface area contributed by atoms with Crippen molar-refractivity contribution in [2.75, 3.05) is 19.6 Å². The molecule has 1 aliphatic rings. The third-order valence-corrected chi connectivity index (χ3v) is 4.02. The molecule has 0 aliphatic heterocycles. The molecule has 0 aromatic heterocycles. The molecule has 96 valence electrons. The van der Waals surface area contributed by atoms with Gasteiger partial charge in [0.25, 0.3) is 0 Å². The van der Waals surface area contributed by atoms with E-state index in [1.54, 1.807) is 0 Å². The van der Waals surface area contributed by atoms with E-state index in [1.807, 2.05) is 0 Å². The normalized spacial score (nSPS) is 20.2. The maximum atomic E-state index is 5.86. The van der Waals surface area contributed by atoms with Crippen LogP contribution in [0.3, 0.4) is 0 Å². The first-order chi connectivity index (χ1) is 7.81. The molecule has 16 heavy (non-hydrogen) atoms. The largest absolute Gasteiger partial charge is 0.330 e. The molecule has 2 heteroatoms. The maximum absolute atomic E-state index is 5.86. The second-order valence-corrected chi connectivity index (χ2v) is 5.27. The van der Waals surface area contributed by atoms with Crippen LogP contribution in [0, 0.1) is 5.92 Å². The van der Waals surface area contributed by atoms with E-state index in [-0.39, 0.29) is 0 Å². The lowest BCUT2D eigenvalue weighted by atomic mass is 9.93. The number of hydrogen-bond donors (Lipinski definition) is 1. The summed E-state index contributed by atoms with van der Waals surface area (Å²) in [5.41, 5.74) is 5.86. The Morgan fingerprint density at radius 1 is 1.19 bits per heavy atom. The summed E-state index contributed by atoms with van der Waals surface area (Å²) in [6.07, 6.45) is 9.70. The molecule has 1 saturated carbocycles. The Balaban J connectivity index is 2.39. The summed E-state index contributed by atoms with van der Waals surface area (Å²) in [6.45, 7) is 7.85. The van der Waals surface area contributed by atoms with Gasteiger partial charge in [-0.05, 0) is 38.3 Å². The Labute approximate surface area is 102 Å². The topological polar surface area (TPSA) is 29.3 Å². The van der Waals surface area contributed by atoms with Crippen molar-refractivity contribution >= 4 is 0 Å². The lowest BCUT2D eigenvalue weighted by Crippen LogP contribution is -2.41. The molecule has 0 heterocycles. The van der Waals surface area contributed by atoms with Crippen molar-refractivity contribution in [2.24, 2.45) is 11.7 Å². The zero-order valence-electron chi connectivity index (χ0n) is 11.3. The van der Waals surface area contributed by atoms with E-state index in [1.165, 1.54) is 58.0 Å². The van der Waals surface area contributed by atoms with Crippen LogP contribution in [-0.2, 0) is 0 Å². The summed E-state index contributed by atoms with van der Waals surface area (Å²) in [7, 11) is 0. The van der Waals surface area contributed by atoms with Crippen LogP contribution in [0.4, 0.5) is 0 Å². The van der Waals surface area contributed by atoms with Crippen molar-refractivity contribution < 1.29 is 0 Å². The second kappa shape index (κ2) is 8.08. The maximum Gasteiger partial charge on any atom is 0.00952 e. The van der Waals surface area contributed by atoms with E-state index in [0.29, 0.717) is 5.92 Å². The average Bonchev–Trinajstić information content (AvgIpc) is 2.35. The van der Waals surface area contributed by atoms with Gasteiger partial charge in [-0.25, -0.2) is 0 Å². The third-order valence-electron chi connectivity index (χ3n) is 4.02. The highest BCUT2D eigenvalue weighted by Crippen LogP contribution is 2.23. The van der Waals surface area contributed by atoms with Crippen LogP contribution in [0.5, 0.6) is 0 Å². The average molecular weight is 226 g/mol. The van der Waals surface area contributed by atoms with Gasteiger partial charge in [0.15, 0.2) is 0 Å². The molecule has 0 saturated heterocycles. The minimum absolute atomic E-state index is 0.715. The van der Waals surface area contributed by atoms with Gasteiger partial charge in [0.05, 0.1) is 0 Å². The first kappa shape index (κ1) is 14.0. The minimum atomic E-state index is 0.715. The molecule has 1 unspecified atom stereocenters. The molecule has 0 spiro atoms. The number of rotatable bonds is 7. The molecule has 2 nitrogen and oxygen atoms in total. The molecule has 1 rings (SSSR count). The van der Waals surface area contributed by atoms with Crippen LogP contribution in [0.2, 0.25) is 0 Å². The Hall–Kier alpha value is -0.0800. The SMILES string of the molecule is CCCC(CN)CN(CC)C1CCCCC1. The standard InChI is InChI=1S/C14H30N2/c1-3-8-13(11-15)12-16(4-2)14-9-6-5-7-10-14/h13-14H,3-12,15H2,1-2H3. The molecule has 0 radical (unpaired) electrons. The fraction of sp³-hybridized carbons (Fsp3) is 1.00. The third kappa shape index (κ3) is 4.42. The first-order valence-corrected chi connectivity index (χ1v) is 7.25. The predicted molar refractivity (Wildman–Crippen MR) is 71.6 cm³/mol. The van der Waals surface area contributed by atoms with Crippen LogP contribution < -0.4 is 5.73 Å². The highest BCUT2D eigenvalue weighted by atomic mass is 15.2. The molecule has 1 fully saturated rings. The van der Waals surface area contributed by atoms with Crippen molar-refractivity contribution in [3.8, 4) is 0 Å². The quantitative estimate of drug-likeness (QED) is 0.723. The molecule has 2 N–H and O–H groups in total. The summed E-state index contributed by atoms with van der Waals surface area (Å²) in [4.78, 5) is 2.69. The number of nitrogens with two attached hydrogens (primary N) is 1. The summed E-state index contributed by atoms with van der Waals surface area (Å²) < 4.78 is 0. The molecule has 1 atom stereocenters. The van der Waals surface area contributed by atoms with Gasteiger partial charge < -0.3 is 10.6 Å². The highest BCUT2D eigenvalue weighted by molar-refractivity contribution is 4.77. The van der Waals surface area contributed by atoms with Crippen molar-refractivity contribution in [1.29, 1.82) is 0 Å². The predicted octanol–water partition coefficient (Wildman–Crippen LogP) is 3.02. The van der Waals surface area contributed by atoms with Crippen molar-refractivity contribution in [2.45, 2.75) is 64.8 Å². The van der Waals surface area contributed by atoms with Gasteiger partial charge >= 0.3 is 0 Å². The van der Waals surface area contributed by atoms with Gasteiger partial charge in [-0.15, -0.1) is 0 Å². The first-order valence-electron chi connectivity index (χ1n) is 7.25. The molecule has 0 aromatic rings. The van der Waals surface area contributed by atoms with Crippen molar-refractivity contribution in [3.05, 3.63) is 0 Å². The van der Waals surface area contributed by atoms with Gasteiger partial charge in [-0.3, -0.25) is 0 Å². The molecule has 0 bridgehead atoms. The molecule has 1 aliphatic carbocycles. The van der Waals surface area contributed by atoms with Crippen LogP contribution >= 0.6 is 0 Å². The lowest BCUT2D eigenvalue weighted by molar-refractivity contribution is 0.138. The van der Waals surface area contributed by atoms with Crippen molar-refractivity contribution in [1.82, 2.24) is 4.90 Å². The van der Waals surface area contributed by atoms with E-state index in [0.717, 1.165) is 12.6 Å². The second-order valence-electron chi connectivity index (χ2n) is 5.27. The highest BCUT2D eigenvalue weighted by Gasteiger charge is 2.21. The van der Waals surface area contributed by atoms with E-state index >= 15 is 0 Å². The summed E-state index contributed by atoms with van der Waals surface area (Å²) >= 11 is 0. The zero-order valence-corrected chi connectivity index (χ0v) is 11.3. The van der Waals surface area contributed by atoms with E-state index in [9.17, 15) is 0 Å². The van der Waals surface area contributed by atoms with Gasteiger partial charge in [0.2, 0.25) is 0 Å². The summed E-state index contributed by atoms with van der Waals surface area (Å²) in [5.74, 6) is 0.715. The van der Waals surface area contributed by atoms with Gasteiger partial charge in [-0.2, -0.15) is 0 Å². The smallest absolute Gasteiger partial charge is 0.00952 e. The van der Waals surface area contributed by atoms with Crippen LogP contribution in [-0.4, -0.2) is 30.6 Å². The fourth-order valence-corrected chi connectivity index (χ4v) is 3.01. The molecular formula is C14H30N2. The van der Waals surface area contributed by atoms with E-state index < -0.39 is 0 Å². The molecule has 0 amide bonds. The monoisotopic (exact) mass is 226 g/mol. The summed E-state index contributed by atoms with van der Waals surface area (Å²) in [6, 6.07) is 0.852. The van der Waals surface area contributed by atoms with E-state index in [4.69, 9.17) is 5.73 Å². The Morgan fingerprint density at radius 2 is 1.88 bits per heavy atom. The number of hydrogen-bond acceptors (Lipinski definition) is 2. The number of nitrogens with zero attached hydrogens (tertiary/aromatic N) is 1. The Bertz CT molecular complexity index is 164. The fourth-order valence-electron chi connectivity index (χ4n) is 3.01. The zero-order chi connectivity index (χ0) is 11.8. The van der Waals surface area contributed by atoms with Crippen LogP contribution in [0.15, 0.2) is 0 Å².